The van der Waals surface area contributed by atoms with Crippen LogP contribution in [0.2, 0.25) is 0 Å². The Morgan fingerprint density at radius 1 is 0.808 bits per heavy atom. The maximum absolute atomic E-state index is 9.20. The predicted molar refractivity (Wildman–Crippen MR) is 108 cm³/mol. The van der Waals surface area contributed by atoms with Gasteiger partial charge in [0.15, 0.2) is 0 Å². The third-order valence-corrected chi connectivity index (χ3v) is 4.96. The summed E-state index contributed by atoms with van der Waals surface area (Å²) < 4.78 is 0. The smallest absolute Gasteiger partial charge is 0.0602 e. The molecule has 142 valence electrons. The highest BCUT2D eigenvalue weighted by Gasteiger charge is 2.33. The minimum absolute atomic E-state index is 0. The van der Waals surface area contributed by atoms with Crippen LogP contribution in [0, 0.1) is 11.8 Å². The molecule has 0 saturated carbocycles. The molecule has 0 spiro atoms. The van der Waals surface area contributed by atoms with Crippen molar-refractivity contribution in [3.05, 3.63) is 71.8 Å². The molecule has 0 aromatic heterocycles. The highest BCUT2D eigenvalue weighted by Crippen LogP contribution is 2.33. The van der Waals surface area contributed by atoms with E-state index in [1.807, 2.05) is 0 Å². The summed E-state index contributed by atoms with van der Waals surface area (Å²) in [6.07, 6.45) is 0. The van der Waals surface area contributed by atoms with Crippen LogP contribution < -0.4 is 5.32 Å². The Morgan fingerprint density at radius 3 is 1.58 bits per heavy atom. The number of benzene rings is 2. The van der Waals surface area contributed by atoms with Crippen LogP contribution in [0.4, 0.5) is 0 Å². The lowest BCUT2D eigenvalue weighted by Crippen LogP contribution is -2.50. The average Bonchev–Trinajstić information content (AvgIpc) is 2.59. The maximum atomic E-state index is 9.20. The summed E-state index contributed by atoms with van der Waals surface area (Å²) >= 11 is 0. The molecule has 2 aromatic rings. The van der Waals surface area contributed by atoms with Crippen molar-refractivity contribution in [2.24, 2.45) is 11.8 Å². The first-order valence-corrected chi connectivity index (χ1v) is 9.08. The Kier molecular flexibility index (Phi) is 8.55. The van der Waals surface area contributed by atoms with Gasteiger partial charge in [-0.15, -0.1) is 12.4 Å². The van der Waals surface area contributed by atoms with Gasteiger partial charge in [0.05, 0.1) is 6.04 Å². The summed E-state index contributed by atoms with van der Waals surface area (Å²) in [6.45, 7) is 4.63. The molecule has 2 aliphatic heterocycles. The Labute approximate surface area is 162 Å². The fourth-order valence-corrected chi connectivity index (χ4v) is 3.30. The van der Waals surface area contributed by atoms with Gasteiger partial charge in [-0.1, -0.05) is 60.7 Å². The van der Waals surface area contributed by atoms with Gasteiger partial charge in [-0.25, -0.2) is 0 Å². The van der Waals surface area contributed by atoms with Crippen LogP contribution in [0.25, 0.3) is 0 Å². The molecule has 0 bridgehead atoms. The number of nitrogens with zero attached hydrogens (tertiary/aromatic N) is 1. The van der Waals surface area contributed by atoms with Gasteiger partial charge in [-0.05, 0) is 11.1 Å². The molecular weight excluding hydrogens is 348 g/mol. The zero-order chi connectivity index (χ0) is 17.5. The summed E-state index contributed by atoms with van der Waals surface area (Å²) in [5, 5.41) is 20.6. The van der Waals surface area contributed by atoms with Crippen molar-refractivity contribution in [1.29, 1.82) is 0 Å². The summed E-state index contributed by atoms with van der Waals surface area (Å²) in [6, 6.07) is 21.5. The van der Waals surface area contributed by atoms with Crippen LogP contribution in [0.5, 0.6) is 0 Å². The summed E-state index contributed by atoms with van der Waals surface area (Å²) in [5.74, 6) is 1.000. The second kappa shape index (κ2) is 10.7. The maximum Gasteiger partial charge on any atom is 0.0602 e. The molecule has 0 aliphatic carbocycles. The van der Waals surface area contributed by atoms with Crippen molar-refractivity contribution in [3.8, 4) is 0 Å². The Morgan fingerprint density at radius 2 is 1.27 bits per heavy atom. The first-order valence-electron chi connectivity index (χ1n) is 9.08. The molecule has 2 aromatic carbocycles. The molecule has 5 heteroatoms. The number of nitrogens with one attached hydrogen (secondary N) is 1. The van der Waals surface area contributed by atoms with Gasteiger partial charge in [0, 0.05) is 51.2 Å². The average molecular weight is 377 g/mol. The lowest BCUT2D eigenvalue weighted by molar-refractivity contribution is 0.0310. The van der Waals surface area contributed by atoms with Gasteiger partial charge in [-0.3, -0.25) is 4.90 Å². The van der Waals surface area contributed by atoms with E-state index >= 15 is 0 Å². The fraction of sp³-hybridized carbons (Fsp3) is 0.429. The molecule has 2 fully saturated rings. The largest absolute Gasteiger partial charge is 0.396 e. The first-order chi connectivity index (χ1) is 12.3. The summed E-state index contributed by atoms with van der Waals surface area (Å²) in [4.78, 5) is 2.44. The van der Waals surface area contributed by atoms with Crippen molar-refractivity contribution in [2.45, 2.75) is 6.04 Å². The van der Waals surface area contributed by atoms with Gasteiger partial charge in [-0.2, -0.15) is 0 Å². The van der Waals surface area contributed by atoms with E-state index in [1.54, 1.807) is 0 Å². The van der Waals surface area contributed by atoms with Gasteiger partial charge >= 0.3 is 0 Å². The highest BCUT2D eigenvalue weighted by atomic mass is 35.5. The standard InChI is InChI=1S/C17H19NO.C4H9NO.ClH/c19-13-14-11-18(12-14)17(15-7-3-1-4-8-15)16-9-5-2-6-10-16;6-3-4-1-5-2-4;/h1-10,14,17,19H,11-13H2;4-6H,1-3H2;1H. The molecule has 26 heavy (non-hydrogen) atoms. The Bertz CT molecular complexity index is 574. The fourth-order valence-electron chi connectivity index (χ4n) is 3.30. The number of halogens is 1. The zero-order valence-electron chi connectivity index (χ0n) is 15.0. The molecular formula is C21H29ClN2O2. The molecule has 4 nitrogen and oxygen atoms in total. The third kappa shape index (κ3) is 5.29. The second-order valence-corrected chi connectivity index (χ2v) is 6.93. The SMILES string of the molecule is Cl.OCC1CN(C(c2ccccc2)c2ccccc2)C1.OCC1CNC1. The van der Waals surface area contributed by atoms with E-state index in [-0.39, 0.29) is 12.4 Å². The van der Waals surface area contributed by atoms with E-state index in [1.165, 1.54) is 11.1 Å². The Hall–Kier alpha value is -1.43. The third-order valence-electron chi connectivity index (χ3n) is 4.96. The highest BCUT2D eigenvalue weighted by molar-refractivity contribution is 5.85. The van der Waals surface area contributed by atoms with E-state index in [2.05, 4.69) is 70.9 Å². The lowest BCUT2D eigenvalue weighted by Gasteiger charge is -2.44. The van der Waals surface area contributed by atoms with Crippen LogP contribution >= 0.6 is 12.4 Å². The number of hydrogen-bond donors (Lipinski definition) is 3. The van der Waals surface area contributed by atoms with Crippen LogP contribution in [-0.4, -0.2) is 54.5 Å². The molecule has 0 unspecified atom stereocenters. The van der Waals surface area contributed by atoms with Crippen molar-refractivity contribution in [3.63, 3.8) is 0 Å². The number of aliphatic hydroxyl groups is 2. The molecule has 2 aliphatic rings. The first kappa shape index (κ1) is 20.9. The van der Waals surface area contributed by atoms with Crippen LogP contribution in [0.15, 0.2) is 60.7 Å². The predicted octanol–water partition coefficient (Wildman–Crippen LogP) is 2.32. The van der Waals surface area contributed by atoms with Crippen LogP contribution in [0.3, 0.4) is 0 Å². The Balaban J connectivity index is 0.000000297. The minimum Gasteiger partial charge on any atom is -0.396 e. The molecule has 0 atom stereocenters. The number of aliphatic hydroxyl groups excluding tert-OH is 2. The van der Waals surface area contributed by atoms with Gasteiger partial charge in [0.25, 0.3) is 0 Å². The summed E-state index contributed by atoms with van der Waals surface area (Å²) in [7, 11) is 0. The minimum atomic E-state index is 0. The van der Waals surface area contributed by atoms with Crippen molar-refractivity contribution in [2.75, 3.05) is 39.4 Å². The van der Waals surface area contributed by atoms with Gasteiger partial charge in [0.2, 0.25) is 0 Å². The monoisotopic (exact) mass is 376 g/mol. The topological polar surface area (TPSA) is 55.7 Å². The van der Waals surface area contributed by atoms with E-state index in [0.29, 0.717) is 31.1 Å². The zero-order valence-corrected chi connectivity index (χ0v) is 15.8. The van der Waals surface area contributed by atoms with Crippen LogP contribution in [0.1, 0.15) is 17.2 Å². The van der Waals surface area contributed by atoms with Crippen molar-refractivity contribution in [1.82, 2.24) is 10.2 Å². The number of rotatable bonds is 5. The molecule has 2 saturated heterocycles. The molecule has 2 heterocycles. The van der Waals surface area contributed by atoms with E-state index < -0.39 is 0 Å². The normalized spacial score (nSPS) is 17.5. The van der Waals surface area contributed by atoms with Crippen LogP contribution in [-0.2, 0) is 0 Å². The number of hydrogen-bond acceptors (Lipinski definition) is 4. The molecule has 4 rings (SSSR count). The van der Waals surface area contributed by atoms with Crippen molar-refractivity contribution < 1.29 is 10.2 Å². The van der Waals surface area contributed by atoms with Gasteiger partial charge < -0.3 is 15.5 Å². The molecule has 3 N–H and O–H groups in total. The molecule has 0 amide bonds. The van der Waals surface area contributed by atoms with Gasteiger partial charge in [0.1, 0.15) is 0 Å². The number of likely N-dealkylation sites (tertiary alicyclic amines) is 1. The van der Waals surface area contributed by atoms with E-state index in [9.17, 15) is 5.11 Å². The quantitative estimate of drug-likeness (QED) is 0.749. The second-order valence-electron chi connectivity index (χ2n) is 6.93. The summed E-state index contributed by atoms with van der Waals surface area (Å²) in [5.41, 5.74) is 2.65. The van der Waals surface area contributed by atoms with Crippen molar-refractivity contribution >= 4 is 12.4 Å². The van der Waals surface area contributed by atoms with E-state index in [4.69, 9.17) is 5.11 Å². The molecule has 0 radical (unpaired) electrons. The van der Waals surface area contributed by atoms with E-state index in [0.717, 1.165) is 26.2 Å². The lowest BCUT2D eigenvalue weighted by atomic mass is 9.91.